The van der Waals surface area contributed by atoms with E-state index in [2.05, 4.69) is 19.2 Å². The Hall–Kier alpha value is -0.160. The van der Waals surface area contributed by atoms with Crippen molar-refractivity contribution in [3.05, 3.63) is 0 Å². The van der Waals surface area contributed by atoms with Gasteiger partial charge in [-0.2, -0.15) is 0 Å². The largest absolute Gasteiger partial charge is 0.382 e. The number of ether oxygens (including phenoxy) is 3. The molecule has 18 heavy (non-hydrogen) atoms. The number of nitrogens with one attached hydrogen (secondary N) is 1. The predicted molar refractivity (Wildman–Crippen MR) is 72.9 cm³/mol. The lowest BCUT2D eigenvalue weighted by molar-refractivity contribution is -0.0539. The highest BCUT2D eigenvalue weighted by Gasteiger charge is 2.25. The quantitative estimate of drug-likeness (QED) is 0.686. The van der Waals surface area contributed by atoms with Crippen LogP contribution in [0, 0.1) is 5.92 Å². The van der Waals surface area contributed by atoms with E-state index in [4.69, 9.17) is 14.2 Å². The molecule has 4 nitrogen and oxygen atoms in total. The molecular formula is C14H29NO3. The van der Waals surface area contributed by atoms with Crippen molar-refractivity contribution in [1.29, 1.82) is 0 Å². The van der Waals surface area contributed by atoms with Gasteiger partial charge in [0, 0.05) is 13.7 Å². The summed E-state index contributed by atoms with van der Waals surface area (Å²) in [5.41, 5.74) is 0. The molecule has 108 valence electrons. The second kappa shape index (κ2) is 8.86. The van der Waals surface area contributed by atoms with Gasteiger partial charge in [-0.15, -0.1) is 0 Å². The number of methoxy groups -OCH3 is 1. The standard InChI is InChI=1S/C14H29NO3/c1-11(2)7-15-8-13-5-6-14(18-13)10-17-12(3)9-16-4/h11-15H,5-10H2,1-4H3. The highest BCUT2D eigenvalue weighted by Crippen LogP contribution is 2.19. The molecule has 0 aromatic rings. The second-order valence-electron chi connectivity index (χ2n) is 5.61. The first-order chi connectivity index (χ1) is 8.61. The summed E-state index contributed by atoms with van der Waals surface area (Å²) >= 11 is 0. The smallest absolute Gasteiger partial charge is 0.0814 e. The van der Waals surface area contributed by atoms with Crippen LogP contribution in [-0.4, -0.2) is 51.7 Å². The summed E-state index contributed by atoms with van der Waals surface area (Å²) in [6, 6.07) is 0. The van der Waals surface area contributed by atoms with Crippen LogP contribution in [0.1, 0.15) is 33.6 Å². The molecule has 0 aliphatic carbocycles. The Labute approximate surface area is 111 Å². The monoisotopic (exact) mass is 259 g/mol. The van der Waals surface area contributed by atoms with E-state index in [0.29, 0.717) is 25.2 Å². The van der Waals surface area contributed by atoms with Gasteiger partial charge in [0.2, 0.25) is 0 Å². The first-order valence-electron chi connectivity index (χ1n) is 7.08. The minimum Gasteiger partial charge on any atom is -0.382 e. The maximum absolute atomic E-state index is 5.94. The first-order valence-corrected chi connectivity index (χ1v) is 7.08. The highest BCUT2D eigenvalue weighted by atomic mass is 16.6. The van der Waals surface area contributed by atoms with Gasteiger partial charge >= 0.3 is 0 Å². The van der Waals surface area contributed by atoms with Gasteiger partial charge in [-0.1, -0.05) is 13.8 Å². The molecule has 4 heteroatoms. The Morgan fingerprint density at radius 3 is 2.61 bits per heavy atom. The zero-order valence-corrected chi connectivity index (χ0v) is 12.3. The van der Waals surface area contributed by atoms with Crippen LogP contribution in [0.2, 0.25) is 0 Å². The summed E-state index contributed by atoms with van der Waals surface area (Å²) in [5.74, 6) is 0.695. The third kappa shape index (κ3) is 6.69. The van der Waals surface area contributed by atoms with Crippen molar-refractivity contribution in [2.75, 3.05) is 33.4 Å². The predicted octanol–water partition coefficient (Wildman–Crippen LogP) is 1.83. The topological polar surface area (TPSA) is 39.7 Å². The summed E-state index contributed by atoms with van der Waals surface area (Å²) in [7, 11) is 1.70. The summed E-state index contributed by atoms with van der Waals surface area (Å²) in [6.07, 6.45) is 3.01. The first kappa shape index (κ1) is 15.9. The molecular weight excluding hydrogens is 230 g/mol. The van der Waals surface area contributed by atoms with Gasteiger partial charge in [0.1, 0.15) is 0 Å². The average molecular weight is 259 g/mol. The van der Waals surface area contributed by atoms with Crippen molar-refractivity contribution in [2.24, 2.45) is 5.92 Å². The second-order valence-corrected chi connectivity index (χ2v) is 5.61. The Balaban J connectivity index is 2.06. The van der Waals surface area contributed by atoms with Gasteiger partial charge in [-0.25, -0.2) is 0 Å². The van der Waals surface area contributed by atoms with Crippen molar-refractivity contribution in [3.8, 4) is 0 Å². The normalized spacial score (nSPS) is 25.8. The van der Waals surface area contributed by atoms with E-state index in [1.165, 1.54) is 0 Å². The van der Waals surface area contributed by atoms with E-state index < -0.39 is 0 Å². The fourth-order valence-electron chi connectivity index (χ4n) is 2.14. The molecule has 3 atom stereocenters. The van der Waals surface area contributed by atoms with Crippen molar-refractivity contribution in [2.45, 2.75) is 51.9 Å². The molecule has 1 aliphatic heterocycles. The van der Waals surface area contributed by atoms with Gasteiger partial charge < -0.3 is 19.5 Å². The highest BCUT2D eigenvalue weighted by molar-refractivity contribution is 4.75. The van der Waals surface area contributed by atoms with E-state index in [0.717, 1.165) is 25.9 Å². The van der Waals surface area contributed by atoms with Gasteiger partial charge in [0.05, 0.1) is 31.5 Å². The van der Waals surface area contributed by atoms with E-state index in [1.54, 1.807) is 7.11 Å². The van der Waals surface area contributed by atoms with Crippen LogP contribution in [0.5, 0.6) is 0 Å². The molecule has 0 amide bonds. The summed E-state index contributed by atoms with van der Waals surface area (Å²) in [6.45, 7) is 9.82. The van der Waals surface area contributed by atoms with Crippen molar-refractivity contribution in [1.82, 2.24) is 5.32 Å². The summed E-state index contributed by atoms with van der Waals surface area (Å²) in [5, 5.41) is 3.45. The minimum absolute atomic E-state index is 0.150. The van der Waals surface area contributed by atoms with Crippen LogP contribution >= 0.6 is 0 Å². The molecule has 0 aromatic carbocycles. The zero-order chi connectivity index (χ0) is 13.4. The molecule has 0 aromatic heterocycles. The minimum atomic E-state index is 0.150. The summed E-state index contributed by atoms with van der Waals surface area (Å²) in [4.78, 5) is 0. The Kier molecular flexibility index (Phi) is 7.82. The van der Waals surface area contributed by atoms with E-state index in [-0.39, 0.29) is 12.2 Å². The molecule has 1 saturated heterocycles. The van der Waals surface area contributed by atoms with Gasteiger partial charge in [-0.3, -0.25) is 0 Å². The molecule has 0 radical (unpaired) electrons. The van der Waals surface area contributed by atoms with Crippen LogP contribution < -0.4 is 5.32 Å². The number of rotatable bonds is 9. The van der Waals surface area contributed by atoms with Crippen LogP contribution in [0.3, 0.4) is 0 Å². The van der Waals surface area contributed by atoms with Crippen LogP contribution in [-0.2, 0) is 14.2 Å². The Bertz CT molecular complexity index is 211. The molecule has 1 fully saturated rings. The molecule has 1 heterocycles. The molecule has 1 aliphatic rings. The SMILES string of the molecule is COCC(C)OCC1CCC(CNCC(C)C)O1. The van der Waals surface area contributed by atoms with E-state index >= 15 is 0 Å². The van der Waals surface area contributed by atoms with E-state index in [1.807, 2.05) is 6.92 Å². The molecule has 1 N–H and O–H groups in total. The van der Waals surface area contributed by atoms with Gasteiger partial charge in [0.15, 0.2) is 0 Å². The Morgan fingerprint density at radius 1 is 1.22 bits per heavy atom. The van der Waals surface area contributed by atoms with Crippen LogP contribution in [0.4, 0.5) is 0 Å². The summed E-state index contributed by atoms with van der Waals surface area (Å²) < 4.78 is 16.7. The fourth-order valence-corrected chi connectivity index (χ4v) is 2.14. The lowest BCUT2D eigenvalue weighted by Gasteiger charge is -2.17. The fraction of sp³-hybridized carbons (Fsp3) is 1.00. The van der Waals surface area contributed by atoms with Crippen LogP contribution in [0.25, 0.3) is 0 Å². The zero-order valence-electron chi connectivity index (χ0n) is 12.3. The molecule has 3 unspecified atom stereocenters. The number of hydrogen-bond acceptors (Lipinski definition) is 4. The maximum atomic E-state index is 5.94. The third-order valence-electron chi connectivity index (χ3n) is 3.09. The maximum Gasteiger partial charge on any atom is 0.0814 e. The molecule has 0 spiro atoms. The Morgan fingerprint density at radius 2 is 1.94 bits per heavy atom. The molecule has 0 saturated carbocycles. The van der Waals surface area contributed by atoms with Crippen LogP contribution in [0.15, 0.2) is 0 Å². The third-order valence-corrected chi connectivity index (χ3v) is 3.09. The van der Waals surface area contributed by atoms with Crippen molar-refractivity contribution in [3.63, 3.8) is 0 Å². The van der Waals surface area contributed by atoms with Gasteiger partial charge in [-0.05, 0) is 32.2 Å². The molecule has 0 bridgehead atoms. The average Bonchev–Trinajstić information content (AvgIpc) is 2.74. The van der Waals surface area contributed by atoms with Gasteiger partial charge in [0.25, 0.3) is 0 Å². The van der Waals surface area contributed by atoms with E-state index in [9.17, 15) is 0 Å². The lowest BCUT2D eigenvalue weighted by Crippen LogP contribution is -2.30. The van der Waals surface area contributed by atoms with Crippen molar-refractivity contribution >= 4 is 0 Å². The van der Waals surface area contributed by atoms with Crippen molar-refractivity contribution < 1.29 is 14.2 Å². The number of hydrogen-bond donors (Lipinski definition) is 1. The molecule has 1 rings (SSSR count). The lowest BCUT2D eigenvalue weighted by atomic mass is 10.2.